The van der Waals surface area contributed by atoms with Crippen molar-refractivity contribution in [2.24, 2.45) is 0 Å². The molecule has 1 aromatic heterocycles. The minimum atomic E-state index is -0.0487. The molecular weight excluding hydrogens is 270 g/mol. The zero-order chi connectivity index (χ0) is 15.1. The number of rotatable bonds is 7. The third-order valence-electron chi connectivity index (χ3n) is 2.79. The fourth-order valence-electron chi connectivity index (χ4n) is 1.74. The molecule has 112 valence electrons. The van der Waals surface area contributed by atoms with Crippen molar-refractivity contribution < 1.29 is 14.6 Å². The van der Waals surface area contributed by atoms with Crippen molar-refractivity contribution >= 4 is 5.82 Å². The highest BCUT2D eigenvalue weighted by Gasteiger charge is 2.08. The number of benzene rings is 1. The van der Waals surface area contributed by atoms with E-state index in [0.717, 1.165) is 18.5 Å². The van der Waals surface area contributed by atoms with Crippen LogP contribution < -0.4 is 14.8 Å². The summed E-state index contributed by atoms with van der Waals surface area (Å²) in [7, 11) is 1.55. The maximum Gasteiger partial charge on any atom is 0.240 e. The number of aromatic nitrogens is 2. The number of nitrogens with zero attached hydrogens (tertiary/aromatic N) is 2. The molecule has 0 radical (unpaired) electrons. The second kappa shape index (κ2) is 7.44. The number of hydrogen-bond donors (Lipinski definition) is 2. The molecule has 0 aliphatic carbocycles. The van der Waals surface area contributed by atoms with E-state index in [9.17, 15) is 0 Å². The lowest BCUT2D eigenvalue weighted by molar-refractivity contribution is 0.280. The van der Waals surface area contributed by atoms with Crippen LogP contribution in [0.5, 0.6) is 17.4 Å². The van der Waals surface area contributed by atoms with Crippen LogP contribution in [-0.4, -0.2) is 28.7 Å². The zero-order valence-electron chi connectivity index (χ0n) is 12.2. The second-order valence-electron chi connectivity index (χ2n) is 4.41. The fraction of sp³-hybridized carbons (Fsp3) is 0.333. The van der Waals surface area contributed by atoms with Crippen LogP contribution in [0.2, 0.25) is 0 Å². The van der Waals surface area contributed by atoms with Gasteiger partial charge in [0.05, 0.1) is 26.1 Å². The molecule has 1 aromatic carbocycles. The number of methoxy groups -OCH3 is 1. The van der Waals surface area contributed by atoms with Crippen molar-refractivity contribution in [3.05, 3.63) is 36.2 Å². The van der Waals surface area contributed by atoms with E-state index in [0.29, 0.717) is 23.2 Å². The Balaban J connectivity index is 2.17. The molecule has 2 aromatic rings. The Bertz CT molecular complexity index is 590. The number of aliphatic hydroxyl groups is 1. The first-order valence-corrected chi connectivity index (χ1v) is 6.78. The summed E-state index contributed by atoms with van der Waals surface area (Å²) in [5.41, 5.74) is 0.753. The third-order valence-corrected chi connectivity index (χ3v) is 2.79. The van der Waals surface area contributed by atoms with Crippen molar-refractivity contribution in [3.63, 3.8) is 0 Å². The van der Waals surface area contributed by atoms with E-state index in [-0.39, 0.29) is 6.61 Å². The van der Waals surface area contributed by atoms with E-state index in [1.165, 1.54) is 6.20 Å². The molecule has 0 aliphatic heterocycles. The van der Waals surface area contributed by atoms with E-state index in [2.05, 4.69) is 22.2 Å². The molecule has 6 nitrogen and oxygen atoms in total. The Hall–Kier alpha value is -2.34. The largest absolute Gasteiger partial charge is 0.493 e. The molecular formula is C15H19N3O3. The van der Waals surface area contributed by atoms with E-state index in [1.54, 1.807) is 31.5 Å². The van der Waals surface area contributed by atoms with Gasteiger partial charge < -0.3 is 19.9 Å². The molecule has 0 amide bonds. The highest BCUT2D eigenvalue weighted by molar-refractivity contribution is 5.45. The van der Waals surface area contributed by atoms with Crippen LogP contribution >= 0.6 is 0 Å². The smallest absolute Gasteiger partial charge is 0.240 e. The van der Waals surface area contributed by atoms with Crippen LogP contribution in [0.1, 0.15) is 18.9 Å². The van der Waals surface area contributed by atoms with Gasteiger partial charge >= 0.3 is 0 Å². The number of ether oxygens (including phenoxy) is 2. The van der Waals surface area contributed by atoms with Crippen molar-refractivity contribution in [3.8, 4) is 17.4 Å². The quantitative estimate of drug-likeness (QED) is 0.816. The molecule has 0 atom stereocenters. The Labute approximate surface area is 123 Å². The van der Waals surface area contributed by atoms with E-state index >= 15 is 0 Å². The summed E-state index contributed by atoms with van der Waals surface area (Å²) in [6, 6.07) is 5.23. The van der Waals surface area contributed by atoms with Gasteiger partial charge in [-0.2, -0.15) is 4.98 Å². The predicted molar refractivity (Wildman–Crippen MR) is 79.8 cm³/mol. The molecule has 1 heterocycles. The summed E-state index contributed by atoms with van der Waals surface area (Å²) in [5, 5.41) is 12.3. The lowest BCUT2D eigenvalue weighted by atomic mass is 10.2. The van der Waals surface area contributed by atoms with Crippen LogP contribution in [0.4, 0.5) is 5.82 Å². The molecule has 0 spiro atoms. The van der Waals surface area contributed by atoms with E-state index in [4.69, 9.17) is 14.6 Å². The Morgan fingerprint density at radius 3 is 2.81 bits per heavy atom. The number of nitrogens with one attached hydrogen (secondary N) is 1. The molecule has 21 heavy (non-hydrogen) atoms. The highest BCUT2D eigenvalue weighted by atomic mass is 16.5. The van der Waals surface area contributed by atoms with E-state index < -0.39 is 0 Å². The first kappa shape index (κ1) is 15.1. The molecule has 2 rings (SSSR count). The minimum absolute atomic E-state index is 0.0487. The van der Waals surface area contributed by atoms with Gasteiger partial charge in [0.1, 0.15) is 5.82 Å². The predicted octanol–water partition coefficient (Wildman–Crippen LogP) is 2.59. The second-order valence-corrected chi connectivity index (χ2v) is 4.41. The van der Waals surface area contributed by atoms with Crippen molar-refractivity contribution in [1.82, 2.24) is 9.97 Å². The van der Waals surface area contributed by atoms with Gasteiger partial charge in [-0.25, -0.2) is 0 Å². The summed E-state index contributed by atoms with van der Waals surface area (Å²) >= 11 is 0. The average molecular weight is 289 g/mol. The molecule has 0 fully saturated rings. The molecule has 0 bridgehead atoms. The summed E-state index contributed by atoms with van der Waals surface area (Å²) in [4.78, 5) is 8.41. The topological polar surface area (TPSA) is 76.5 Å². The van der Waals surface area contributed by atoms with Gasteiger partial charge in [0.15, 0.2) is 11.5 Å². The molecule has 0 saturated heterocycles. The standard InChI is InChI=1S/C15H19N3O3/c1-3-6-17-14-8-16-9-15(18-14)21-12-5-4-11(10-19)7-13(12)20-2/h4-5,7-9,19H,3,6,10H2,1-2H3,(H,17,18). The third kappa shape index (κ3) is 4.06. The van der Waals surface area contributed by atoms with Gasteiger partial charge in [-0.05, 0) is 24.1 Å². The Morgan fingerprint density at radius 1 is 1.24 bits per heavy atom. The van der Waals surface area contributed by atoms with Crippen LogP contribution in [0, 0.1) is 0 Å². The summed E-state index contributed by atoms with van der Waals surface area (Å²) in [6.07, 6.45) is 4.19. The van der Waals surface area contributed by atoms with Crippen LogP contribution in [0.15, 0.2) is 30.6 Å². The van der Waals surface area contributed by atoms with Crippen LogP contribution in [-0.2, 0) is 6.61 Å². The van der Waals surface area contributed by atoms with E-state index in [1.807, 2.05) is 0 Å². The Morgan fingerprint density at radius 2 is 2.10 bits per heavy atom. The van der Waals surface area contributed by atoms with Gasteiger partial charge in [-0.3, -0.25) is 4.98 Å². The monoisotopic (exact) mass is 289 g/mol. The minimum Gasteiger partial charge on any atom is -0.493 e. The zero-order valence-corrected chi connectivity index (χ0v) is 12.2. The molecule has 0 aliphatic rings. The summed E-state index contributed by atoms with van der Waals surface area (Å²) < 4.78 is 11.0. The maximum atomic E-state index is 9.13. The lowest BCUT2D eigenvalue weighted by Crippen LogP contribution is -2.03. The fourth-order valence-corrected chi connectivity index (χ4v) is 1.74. The lowest BCUT2D eigenvalue weighted by Gasteiger charge is -2.11. The first-order chi connectivity index (χ1) is 10.3. The van der Waals surface area contributed by atoms with Crippen LogP contribution in [0.25, 0.3) is 0 Å². The summed E-state index contributed by atoms with van der Waals surface area (Å²) in [6.45, 7) is 2.86. The molecule has 0 unspecified atom stereocenters. The van der Waals surface area contributed by atoms with Gasteiger partial charge in [0, 0.05) is 6.54 Å². The molecule has 6 heteroatoms. The maximum absolute atomic E-state index is 9.13. The van der Waals surface area contributed by atoms with Crippen LogP contribution in [0.3, 0.4) is 0 Å². The first-order valence-electron chi connectivity index (χ1n) is 6.78. The summed E-state index contributed by atoms with van der Waals surface area (Å²) in [5.74, 6) is 2.11. The van der Waals surface area contributed by atoms with Crippen molar-refractivity contribution in [2.75, 3.05) is 19.0 Å². The SMILES string of the molecule is CCCNc1cncc(Oc2ccc(CO)cc2OC)n1. The number of hydrogen-bond acceptors (Lipinski definition) is 6. The van der Waals surface area contributed by atoms with Gasteiger partial charge in [-0.1, -0.05) is 13.0 Å². The van der Waals surface area contributed by atoms with Gasteiger partial charge in [-0.15, -0.1) is 0 Å². The van der Waals surface area contributed by atoms with Gasteiger partial charge in [0.2, 0.25) is 5.88 Å². The van der Waals surface area contributed by atoms with Gasteiger partial charge in [0.25, 0.3) is 0 Å². The number of aliphatic hydroxyl groups excluding tert-OH is 1. The number of anilines is 1. The average Bonchev–Trinajstić information content (AvgIpc) is 2.53. The molecule has 0 saturated carbocycles. The Kier molecular flexibility index (Phi) is 5.34. The van der Waals surface area contributed by atoms with Crippen molar-refractivity contribution in [2.45, 2.75) is 20.0 Å². The van der Waals surface area contributed by atoms with Crippen molar-refractivity contribution in [1.29, 1.82) is 0 Å². The normalized spacial score (nSPS) is 10.2. The molecule has 2 N–H and O–H groups in total. The highest BCUT2D eigenvalue weighted by Crippen LogP contribution is 2.31.